The summed E-state index contributed by atoms with van der Waals surface area (Å²) in [6.07, 6.45) is 0. The Balaban J connectivity index is 1.74. The van der Waals surface area contributed by atoms with Crippen molar-refractivity contribution in [1.82, 2.24) is 10.3 Å². The normalized spacial score (nSPS) is 18.1. The highest BCUT2D eigenvalue weighted by Crippen LogP contribution is 2.38. The van der Waals surface area contributed by atoms with Crippen LogP contribution in [-0.2, 0) is 0 Å². The van der Waals surface area contributed by atoms with E-state index in [9.17, 15) is 9.18 Å². The van der Waals surface area contributed by atoms with Crippen LogP contribution in [0.1, 0.15) is 40.6 Å². The summed E-state index contributed by atoms with van der Waals surface area (Å²) in [5.41, 5.74) is 3.30. The molecule has 0 radical (unpaired) electrons. The van der Waals surface area contributed by atoms with Crippen molar-refractivity contribution in [3.8, 4) is 23.4 Å². The van der Waals surface area contributed by atoms with Crippen molar-refractivity contribution in [3.05, 3.63) is 75.4 Å². The average molecular weight is 415 g/mol. The lowest BCUT2D eigenvalue weighted by molar-refractivity contribution is 0.243. The molecule has 1 N–H and O–H groups in total. The minimum atomic E-state index is -0.609. The molecule has 146 valence electrons. The number of rotatable bonds is 3. The lowest BCUT2D eigenvalue weighted by Gasteiger charge is -2.30. The van der Waals surface area contributed by atoms with E-state index in [1.807, 2.05) is 23.6 Å². The van der Waals surface area contributed by atoms with Gasteiger partial charge in [0, 0.05) is 16.7 Å². The van der Waals surface area contributed by atoms with Gasteiger partial charge in [-0.3, -0.25) is 0 Å². The zero-order valence-electron chi connectivity index (χ0n) is 15.8. The average Bonchev–Trinajstić information content (AvgIpc) is 3.23. The van der Waals surface area contributed by atoms with E-state index in [1.54, 1.807) is 25.1 Å². The number of nitrogens with zero attached hydrogens (tertiary/aromatic N) is 4. The Morgan fingerprint density at radius 2 is 1.90 bits per heavy atom. The van der Waals surface area contributed by atoms with Crippen LogP contribution in [-0.4, -0.2) is 16.7 Å². The highest BCUT2D eigenvalue weighted by atomic mass is 32.1. The number of nitriles is 2. The predicted molar refractivity (Wildman–Crippen MR) is 111 cm³/mol. The van der Waals surface area contributed by atoms with Crippen molar-refractivity contribution in [2.75, 3.05) is 0 Å². The molecule has 1 aliphatic rings. The predicted octanol–water partition coefficient (Wildman–Crippen LogP) is 4.70. The van der Waals surface area contributed by atoms with Crippen LogP contribution in [0.2, 0.25) is 0 Å². The molecule has 0 aliphatic carbocycles. The van der Waals surface area contributed by atoms with E-state index in [4.69, 9.17) is 15.5 Å². The summed E-state index contributed by atoms with van der Waals surface area (Å²) in [4.78, 5) is 20.8. The maximum absolute atomic E-state index is 13.8. The van der Waals surface area contributed by atoms with Gasteiger partial charge in [0.2, 0.25) is 0 Å². The van der Waals surface area contributed by atoms with Crippen LogP contribution in [0.3, 0.4) is 0 Å². The van der Waals surface area contributed by atoms with Gasteiger partial charge in [0.15, 0.2) is 0 Å². The van der Waals surface area contributed by atoms with E-state index < -0.39 is 17.9 Å². The number of thiazole rings is 1. The second kappa shape index (κ2) is 7.86. The van der Waals surface area contributed by atoms with E-state index in [-0.39, 0.29) is 11.5 Å². The number of aromatic nitrogens is 1. The highest BCUT2D eigenvalue weighted by Gasteiger charge is 2.35. The van der Waals surface area contributed by atoms with E-state index in [0.29, 0.717) is 16.8 Å². The quantitative estimate of drug-likeness (QED) is 0.670. The van der Waals surface area contributed by atoms with E-state index >= 15 is 0 Å². The van der Waals surface area contributed by atoms with Crippen molar-refractivity contribution in [3.63, 3.8) is 0 Å². The molecule has 2 amide bonds. The zero-order chi connectivity index (χ0) is 21.3. The maximum Gasteiger partial charge on any atom is 0.341 e. The minimum Gasteiger partial charge on any atom is -0.328 e. The molecule has 6 nitrogen and oxygen atoms in total. The number of nitrogens with one attached hydrogen (secondary N) is 1. The number of halogens is 1. The van der Waals surface area contributed by atoms with Crippen LogP contribution >= 0.6 is 11.3 Å². The van der Waals surface area contributed by atoms with Crippen LogP contribution in [0.5, 0.6) is 0 Å². The van der Waals surface area contributed by atoms with Crippen molar-refractivity contribution < 1.29 is 9.18 Å². The number of carbonyl (C=O) groups excluding carboxylic acids is 1. The van der Waals surface area contributed by atoms with E-state index in [2.05, 4.69) is 16.4 Å². The van der Waals surface area contributed by atoms with E-state index in [1.165, 1.54) is 23.5 Å². The third kappa shape index (κ3) is 3.57. The monoisotopic (exact) mass is 415 g/mol. The number of hydrogen-bond acceptors (Lipinski definition) is 5. The molecule has 30 heavy (non-hydrogen) atoms. The first-order valence-electron chi connectivity index (χ1n) is 9.01. The van der Waals surface area contributed by atoms with Crippen LogP contribution < -0.4 is 5.32 Å². The highest BCUT2D eigenvalue weighted by molar-refractivity contribution is 7.10. The molecule has 4 rings (SSSR count). The number of hydrogen-bond donors (Lipinski definition) is 1. The largest absolute Gasteiger partial charge is 0.341 e. The molecule has 3 aromatic rings. The van der Waals surface area contributed by atoms with Crippen molar-refractivity contribution >= 4 is 23.1 Å². The molecular formula is C22H14FN5OS. The molecule has 0 fully saturated rings. The zero-order valence-corrected chi connectivity index (χ0v) is 16.6. The van der Waals surface area contributed by atoms with Gasteiger partial charge in [-0.2, -0.15) is 10.5 Å². The van der Waals surface area contributed by atoms with Crippen LogP contribution in [0.4, 0.5) is 9.18 Å². The third-order valence-corrected chi connectivity index (χ3v) is 5.84. The molecule has 1 aromatic heterocycles. The van der Waals surface area contributed by atoms with Gasteiger partial charge in [-0.15, -0.1) is 11.3 Å². The maximum atomic E-state index is 13.8. The standard InChI is InChI=1S/C22H14FN5OS/c1-12-19(21-27-18(11-30-21)14-4-2-13(9-24)3-5-14)20(28-22(29)26-12)15-6-7-17(23)16(8-15)10-25/h2-8,11,19-20H,1H3,(H,28,29). The fraction of sp³-hybridized carbons (Fsp3) is 0.136. The van der Waals surface area contributed by atoms with Gasteiger partial charge >= 0.3 is 6.03 Å². The molecule has 1 aliphatic heterocycles. The van der Waals surface area contributed by atoms with Gasteiger partial charge in [-0.1, -0.05) is 18.2 Å². The molecule has 0 saturated carbocycles. The number of aliphatic imine (C=N–C) groups is 1. The number of carbonyl (C=O) groups is 1. The van der Waals surface area contributed by atoms with Gasteiger partial charge in [-0.05, 0) is 36.8 Å². The summed E-state index contributed by atoms with van der Waals surface area (Å²) in [6.45, 7) is 1.76. The number of amides is 2. The Bertz CT molecular complexity index is 1250. The molecule has 8 heteroatoms. The Labute approximate surface area is 176 Å². The smallest absolute Gasteiger partial charge is 0.328 e. The first-order chi connectivity index (χ1) is 14.5. The Morgan fingerprint density at radius 1 is 1.13 bits per heavy atom. The number of benzene rings is 2. The lowest BCUT2D eigenvalue weighted by atomic mass is 9.88. The second-order valence-corrected chi connectivity index (χ2v) is 7.66. The van der Waals surface area contributed by atoms with Crippen LogP contribution in [0.15, 0.2) is 52.8 Å². The van der Waals surface area contributed by atoms with Crippen molar-refractivity contribution in [2.24, 2.45) is 4.99 Å². The summed E-state index contributed by atoms with van der Waals surface area (Å²) >= 11 is 1.43. The van der Waals surface area contributed by atoms with Crippen molar-refractivity contribution in [1.29, 1.82) is 10.5 Å². The minimum absolute atomic E-state index is 0.0851. The van der Waals surface area contributed by atoms with Gasteiger partial charge in [0.1, 0.15) is 16.9 Å². The molecule has 0 spiro atoms. The fourth-order valence-electron chi connectivity index (χ4n) is 3.42. The topological polar surface area (TPSA) is 102 Å². The van der Waals surface area contributed by atoms with Gasteiger partial charge < -0.3 is 5.32 Å². The Morgan fingerprint density at radius 3 is 2.60 bits per heavy atom. The molecule has 0 saturated heterocycles. The van der Waals surface area contributed by atoms with Crippen LogP contribution in [0.25, 0.3) is 11.3 Å². The molecular weight excluding hydrogens is 401 g/mol. The van der Waals surface area contributed by atoms with Crippen molar-refractivity contribution in [2.45, 2.75) is 18.9 Å². The Hall–Kier alpha value is -3.88. The summed E-state index contributed by atoms with van der Waals surface area (Å²) in [6, 6.07) is 14.3. The molecule has 0 bridgehead atoms. The van der Waals surface area contributed by atoms with Gasteiger partial charge in [-0.25, -0.2) is 19.2 Å². The molecule has 2 unspecified atom stereocenters. The second-order valence-electron chi connectivity index (χ2n) is 6.77. The SMILES string of the molecule is CC1=NC(=O)NC(c2ccc(F)c(C#N)c2)C1c1nc(-c2ccc(C#N)cc2)cs1. The fourth-order valence-corrected chi connectivity index (χ4v) is 4.44. The molecule has 2 aromatic carbocycles. The van der Waals surface area contributed by atoms with Gasteiger partial charge in [0.25, 0.3) is 0 Å². The summed E-state index contributed by atoms with van der Waals surface area (Å²) in [5, 5.41) is 23.6. The number of urea groups is 1. The van der Waals surface area contributed by atoms with E-state index in [0.717, 1.165) is 16.3 Å². The van der Waals surface area contributed by atoms with Gasteiger partial charge in [0.05, 0.1) is 34.8 Å². The first kappa shape index (κ1) is 19.4. The summed E-state index contributed by atoms with van der Waals surface area (Å²) in [5.74, 6) is -0.959. The van der Waals surface area contributed by atoms with Crippen LogP contribution in [0, 0.1) is 28.5 Å². The Kier molecular flexibility index (Phi) is 5.09. The molecule has 2 atom stereocenters. The third-order valence-electron chi connectivity index (χ3n) is 4.91. The summed E-state index contributed by atoms with van der Waals surface area (Å²) < 4.78 is 13.8. The summed E-state index contributed by atoms with van der Waals surface area (Å²) in [7, 11) is 0. The lowest BCUT2D eigenvalue weighted by Crippen LogP contribution is -2.38. The first-order valence-corrected chi connectivity index (χ1v) is 9.89. The molecule has 2 heterocycles.